The number of hydrogen-bond acceptors (Lipinski definition) is 4. The van der Waals surface area contributed by atoms with Crippen LogP contribution in [0.2, 0.25) is 5.02 Å². The van der Waals surface area contributed by atoms with Gasteiger partial charge in [0.05, 0.1) is 11.6 Å². The van der Waals surface area contributed by atoms with E-state index in [1.165, 1.54) is 6.42 Å². The van der Waals surface area contributed by atoms with Crippen molar-refractivity contribution in [3.05, 3.63) is 22.8 Å². The van der Waals surface area contributed by atoms with E-state index in [4.69, 9.17) is 16.3 Å². The highest BCUT2D eigenvalue weighted by atomic mass is 35.5. The fourth-order valence-electron chi connectivity index (χ4n) is 2.50. The number of ether oxygens (including phenoxy) is 1. The number of rotatable bonds is 6. The molecule has 1 aliphatic heterocycles. The van der Waals surface area contributed by atoms with Crippen LogP contribution in [0.3, 0.4) is 0 Å². The molecule has 1 aromatic heterocycles. The van der Waals surface area contributed by atoms with E-state index >= 15 is 0 Å². The summed E-state index contributed by atoms with van der Waals surface area (Å²) in [5.41, 5.74) is 1.10. The summed E-state index contributed by atoms with van der Waals surface area (Å²) in [7, 11) is 2.09. The first-order chi connectivity index (χ1) is 9.70. The number of hydrogen-bond donors (Lipinski definition) is 1. The Morgan fingerprint density at radius 1 is 1.55 bits per heavy atom. The first-order valence-electron chi connectivity index (χ1n) is 7.34. The molecule has 1 aliphatic rings. The SMILES string of the molecule is CCNCc1cc(N(C)CC2CCCOC2)ncc1Cl. The summed E-state index contributed by atoms with van der Waals surface area (Å²) < 4.78 is 5.54. The highest BCUT2D eigenvalue weighted by molar-refractivity contribution is 6.31. The topological polar surface area (TPSA) is 37.4 Å². The Morgan fingerprint density at radius 2 is 2.40 bits per heavy atom. The summed E-state index contributed by atoms with van der Waals surface area (Å²) in [6.07, 6.45) is 4.15. The maximum absolute atomic E-state index is 6.19. The molecule has 4 nitrogen and oxygen atoms in total. The molecule has 20 heavy (non-hydrogen) atoms. The maximum atomic E-state index is 6.19. The van der Waals surface area contributed by atoms with Gasteiger partial charge in [-0.1, -0.05) is 18.5 Å². The number of nitrogens with one attached hydrogen (secondary N) is 1. The third-order valence-electron chi connectivity index (χ3n) is 3.66. The number of halogens is 1. The minimum Gasteiger partial charge on any atom is -0.381 e. The minimum atomic E-state index is 0.600. The summed E-state index contributed by atoms with van der Waals surface area (Å²) in [6.45, 7) is 6.56. The van der Waals surface area contributed by atoms with Crippen LogP contribution in [0.5, 0.6) is 0 Å². The normalized spacial score (nSPS) is 19.1. The Hall–Kier alpha value is -0.840. The van der Waals surface area contributed by atoms with Crippen LogP contribution in [-0.2, 0) is 11.3 Å². The molecule has 0 aromatic carbocycles. The molecular formula is C15H24ClN3O. The van der Waals surface area contributed by atoms with Gasteiger partial charge >= 0.3 is 0 Å². The number of pyridine rings is 1. The Bertz CT molecular complexity index is 422. The van der Waals surface area contributed by atoms with Gasteiger partial charge in [0.2, 0.25) is 0 Å². The lowest BCUT2D eigenvalue weighted by atomic mass is 10.0. The molecule has 1 saturated heterocycles. The molecule has 1 atom stereocenters. The molecule has 112 valence electrons. The molecule has 1 unspecified atom stereocenters. The first-order valence-corrected chi connectivity index (χ1v) is 7.72. The van der Waals surface area contributed by atoms with Crippen LogP contribution in [0.25, 0.3) is 0 Å². The molecule has 0 spiro atoms. The summed E-state index contributed by atoms with van der Waals surface area (Å²) in [5, 5.41) is 4.03. The predicted molar refractivity (Wildman–Crippen MR) is 83.4 cm³/mol. The zero-order chi connectivity index (χ0) is 14.4. The molecule has 2 heterocycles. The lowest BCUT2D eigenvalue weighted by Gasteiger charge is -2.28. The standard InChI is InChI=1S/C15H24ClN3O/c1-3-17-8-13-7-15(18-9-14(13)16)19(2)10-12-5-4-6-20-11-12/h7,9,12,17H,3-6,8,10-11H2,1-2H3. The summed E-state index contributed by atoms with van der Waals surface area (Å²) in [4.78, 5) is 6.64. The van der Waals surface area contributed by atoms with Crippen molar-refractivity contribution >= 4 is 17.4 Å². The van der Waals surface area contributed by atoms with Crippen LogP contribution >= 0.6 is 11.6 Å². The Balaban J connectivity index is 1.99. The highest BCUT2D eigenvalue weighted by Crippen LogP contribution is 2.22. The molecule has 1 fully saturated rings. The minimum absolute atomic E-state index is 0.600. The summed E-state index contributed by atoms with van der Waals surface area (Å²) in [5.74, 6) is 1.58. The van der Waals surface area contributed by atoms with Crippen molar-refractivity contribution in [3.63, 3.8) is 0 Å². The van der Waals surface area contributed by atoms with Crippen LogP contribution in [-0.4, -0.2) is 38.3 Å². The van der Waals surface area contributed by atoms with Gasteiger partial charge in [0.25, 0.3) is 0 Å². The molecule has 0 aliphatic carbocycles. The second-order valence-electron chi connectivity index (χ2n) is 5.38. The fourth-order valence-corrected chi connectivity index (χ4v) is 2.67. The quantitative estimate of drug-likeness (QED) is 0.876. The van der Waals surface area contributed by atoms with Crippen molar-refractivity contribution in [1.82, 2.24) is 10.3 Å². The lowest BCUT2D eigenvalue weighted by Crippen LogP contribution is -2.31. The zero-order valence-corrected chi connectivity index (χ0v) is 13.1. The van der Waals surface area contributed by atoms with Gasteiger partial charge in [0.1, 0.15) is 5.82 Å². The Morgan fingerprint density at radius 3 is 3.10 bits per heavy atom. The van der Waals surface area contributed by atoms with E-state index in [9.17, 15) is 0 Å². The van der Waals surface area contributed by atoms with Gasteiger partial charge in [-0.05, 0) is 36.9 Å². The Kier molecular flexibility index (Phi) is 6.07. The highest BCUT2D eigenvalue weighted by Gasteiger charge is 2.17. The maximum Gasteiger partial charge on any atom is 0.128 e. The van der Waals surface area contributed by atoms with Crippen molar-refractivity contribution in [3.8, 4) is 0 Å². The fraction of sp³-hybridized carbons (Fsp3) is 0.667. The molecule has 1 aromatic rings. The number of anilines is 1. The van der Waals surface area contributed by atoms with Gasteiger partial charge < -0.3 is 15.0 Å². The van der Waals surface area contributed by atoms with E-state index in [1.807, 2.05) is 0 Å². The largest absolute Gasteiger partial charge is 0.381 e. The van der Waals surface area contributed by atoms with E-state index < -0.39 is 0 Å². The number of aromatic nitrogens is 1. The van der Waals surface area contributed by atoms with Crippen molar-refractivity contribution in [2.75, 3.05) is 38.3 Å². The Labute approximate surface area is 126 Å². The van der Waals surface area contributed by atoms with Crippen LogP contribution in [0.15, 0.2) is 12.3 Å². The molecule has 2 rings (SSSR count). The summed E-state index contributed by atoms with van der Waals surface area (Å²) in [6, 6.07) is 2.08. The second-order valence-corrected chi connectivity index (χ2v) is 5.79. The molecule has 0 amide bonds. The molecule has 5 heteroatoms. The molecule has 1 N–H and O–H groups in total. The third-order valence-corrected chi connectivity index (χ3v) is 4.00. The molecule has 0 radical (unpaired) electrons. The van der Waals surface area contributed by atoms with Gasteiger partial charge in [0.15, 0.2) is 0 Å². The average molecular weight is 298 g/mol. The zero-order valence-electron chi connectivity index (χ0n) is 12.4. The first kappa shape index (κ1) is 15.5. The van der Waals surface area contributed by atoms with Crippen molar-refractivity contribution in [1.29, 1.82) is 0 Å². The molecule has 0 bridgehead atoms. The smallest absolute Gasteiger partial charge is 0.128 e. The lowest BCUT2D eigenvalue weighted by molar-refractivity contribution is 0.0576. The van der Waals surface area contributed by atoms with Gasteiger partial charge in [0, 0.05) is 32.9 Å². The van der Waals surface area contributed by atoms with Gasteiger partial charge in [-0.2, -0.15) is 0 Å². The van der Waals surface area contributed by atoms with Crippen LogP contribution in [0.1, 0.15) is 25.3 Å². The van der Waals surface area contributed by atoms with E-state index in [2.05, 4.69) is 35.2 Å². The third kappa shape index (κ3) is 4.33. The second kappa shape index (κ2) is 7.81. The molecular weight excluding hydrogens is 274 g/mol. The van der Waals surface area contributed by atoms with Crippen molar-refractivity contribution in [2.45, 2.75) is 26.3 Å². The van der Waals surface area contributed by atoms with E-state index in [-0.39, 0.29) is 0 Å². The van der Waals surface area contributed by atoms with Crippen LogP contribution < -0.4 is 10.2 Å². The van der Waals surface area contributed by atoms with Crippen LogP contribution in [0, 0.1) is 5.92 Å². The monoisotopic (exact) mass is 297 g/mol. The van der Waals surface area contributed by atoms with E-state index in [0.717, 1.165) is 55.7 Å². The van der Waals surface area contributed by atoms with Crippen LogP contribution in [0.4, 0.5) is 5.82 Å². The van der Waals surface area contributed by atoms with E-state index in [1.54, 1.807) is 6.20 Å². The molecule has 0 saturated carbocycles. The van der Waals surface area contributed by atoms with E-state index in [0.29, 0.717) is 5.92 Å². The van der Waals surface area contributed by atoms with Crippen molar-refractivity contribution in [2.24, 2.45) is 5.92 Å². The van der Waals surface area contributed by atoms with Gasteiger partial charge in [-0.25, -0.2) is 4.98 Å². The summed E-state index contributed by atoms with van der Waals surface area (Å²) >= 11 is 6.19. The van der Waals surface area contributed by atoms with Gasteiger partial charge in [-0.3, -0.25) is 0 Å². The van der Waals surface area contributed by atoms with Gasteiger partial charge in [-0.15, -0.1) is 0 Å². The predicted octanol–water partition coefficient (Wildman–Crippen LogP) is 2.71. The van der Waals surface area contributed by atoms with Crippen molar-refractivity contribution < 1.29 is 4.74 Å². The average Bonchev–Trinajstić information content (AvgIpc) is 2.47. The number of nitrogens with zero attached hydrogens (tertiary/aromatic N) is 2.